The molecule has 2 saturated carbocycles. The fourth-order valence-corrected chi connectivity index (χ4v) is 3.69. The smallest absolute Gasteiger partial charge is 0.427 e. The average molecular weight is 363 g/mol. The maximum absolute atomic E-state index is 12.5. The molecule has 1 aromatic rings. The van der Waals surface area contributed by atoms with Gasteiger partial charge in [-0.15, -0.1) is 11.3 Å². The second-order valence-electron chi connectivity index (χ2n) is 6.59. The zero-order valence-corrected chi connectivity index (χ0v) is 13.9. The third-order valence-electron chi connectivity index (χ3n) is 4.53. The number of nitrogens with one attached hydrogen (secondary N) is 1. The van der Waals surface area contributed by atoms with E-state index in [1.54, 1.807) is 0 Å². The molecule has 0 radical (unpaired) electrons. The summed E-state index contributed by atoms with van der Waals surface area (Å²) in [6.45, 7) is 1.22. The van der Waals surface area contributed by atoms with E-state index in [0.29, 0.717) is 28.8 Å². The molecule has 0 bridgehead atoms. The van der Waals surface area contributed by atoms with Gasteiger partial charge in [0.25, 0.3) is 0 Å². The van der Waals surface area contributed by atoms with Crippen LogP contribution in [0.15, 0.2) is 6.20 Å². The van der Waals surface area contributed by atoms with Crippen molar-refractivity contribution in [3.63, 3.8) is 0 Å². The minimum Gasteiger partial charge on any atom is -0.480 e. The lowest BCUT2D eigenvalue weighted by Gasteiger charge is -2.42. The monoisotopic (exact) mass is 363 g/mol. The second kappa shape index (κ2) is 6.97. The van der Waals surface area contributed by atoms with E-state index in [9.17, 15) is 18.0 Å². The Morgan fingerprint density at radius 1 is 1.42 bits per heavy atom. The van der Waals surface area contributed by atoms with Crippen molar-refractivity contribution >= 4 is 17.3 Å². The van der Waals surface area contributed by atoms with Gasteiger partial charge in [-0.3, -0.25) is 9.69 Å². The summed E-state index contributed by atoms with van der Waals surface area (Å²) in [6.07, 6.45) is 0.550. The molecule has 2 aliphatic rings. The first kappa shape index (κ1) is 17.6. The van der Waals surface area contributed by atoms with Gasteiger partial charge >= 0.3 is 12.1 Å². The molecule has 0 aliphatic heterocycles. The fourth-order valence-electron chi connectivity index (χ4n) is 2.96. The van der Waals surface area contributed by atoms with Gasteiger partial charge in [0.1, 0.15) is 9.88 Å². The maximum atomic E-state index is 12.5. The molecule has 24 heavy (non-hydrogen) atoms. The lowest BCUT2D eigenvalue weighted by Crippen LogP contribution is -2.54. The van der Waals surface area contributed by atoms with Crippen LogP contribution in [0.2, 0.25) is 0 Å². The number of alkyl halides is 3. The van der Waals surface area contributed by atoms with Crippen LogP contribution in [0.25, 0.3) is 0 Å². The normalized spacial score (nSPS) is 24.2. The number of nitrogens with zero attached hydrogens (tertiary/aromatic N) is 2. The first-order valence-electron chi connectivity index (χ1n) is 8.02. The van der Waals surface area contributed by atoms with E-state index in [2.05, 4.69) is 10.3 Å². The van der Waals surface area contributed by atoms with Crippen LogP contribution in [0.1, 0.15) is 35.6 Å². The van der Waals surface area contributed by atoms with Crippen molar-refractivity contribution in [2.45, 2.75) is 50.5 Å². The summed E-state index contributed by atoms with van der Waals surface area (Å²) in [7, 11) is 0. The fraction of sp³-hybridized carbons (Fsp3) is 0.733. The van der Waals surface area contributed by atoms with E-state index in [0.717, 1.165) is 25.6 Å². The third kappa shape index (κ3) is 4.67. The van der Waals surface area contributed by atoms with E-state index < -0.39 is 17.0 Å². The van der Waals surface area contributed by atoms with E-state index in [-0.39, 0.29) is 18.6 Å². The molecule has 134 valence electrons. The minimum atomic E-state index is -4.34. The van der Waals surface area contributed by atoms with Crippen molar-refractivity contribution in [1.29, 1.82) is 0 Å². The predicted octanol–water partition coefficient (Wildman–Crippen LogP) is 2.58. The van der Waals surface area contributed by atoms with Gasteiger partial charge < -0.3 is 10.4 Å². The summed E-state index contributed by atoms with van der Waals surface area (Å²) in [6, 6.07) is 0.463. The quantitative estimate of drug-likeness (QED) is 0.743. The van der Waals surface area contributed by atoms with Gasteiger partial charge in [-0.1, -0.05) is 0 Å². The van der Waals surface area contributed by atoms with E-state index >= 15 is 0 Å². The summed E-state index contributed by atoms with van der Waals surface area (Å²) in [5.41, 5.74) is 0. The van der Waals surface area contributed by atoms with Crippen LogP contribution in [-0.2, 0) is 17.5 Å². The van der Waals surface area contributed by atoms with Gasteiger partial charge in [-0.05, 0) is 31.6 Å². The highest BCUT2D eigenvalue weighted by molar-refractivity contribution is 7.11. The Balaban J connectivity index is 1.42. The maximum Gasteiger partial charge on any atom is 0.427 e. The molecule has 0 unspecified atom stereocenters. The van der Waals surface area contributed by atoms with E-state index in [1.165, 1.54) is 12.8 Å². The Morgan fingerprint density at radius 3 is 2.67 bits per heavy atom. The number of hydrogen-bond acceptors (Lipinski definition) is 5. The summed E-state index contributed by atoms with van der Waals surface area (Å²) in [5.74, 6) is -0.179. The van der Waals surface area contributed by atoms with Gasteiger partial charge in [0.05, 0.1) is 12.7 Å². The molecular weight excluding hydrogens is 343 g/mol. The zero-order valence-electron chi connectivity index (χ0n) is 13.1. The van der Waals surface area contributed by atoms with Crippen LogP contribution in [-0.4, -0.2) is 46.1 Å². The summed E-state index contributed by atoms with van der Waals surface area (Å²) in [4.78, 5) is 16.1. The molecule has 0 spiro atoms. The lowest BCUT2D eigenvalue weighted by molar-refractivity contribution is -0.139. The number of aromatic nitrogens is 1. The van der Waals surface area contributed by atoms with E-state index in [1.807, 2.05) is 4.90 Å². The Morgan fingerprint density at radius 2 is 2.12 bits per heavy atom. The SMILES string of the molecule is O=C(O)CN(CC1CC1)C1CC(NCc2ncc(C(F)(F)F)s2)C1. The molecule has 1 aromatic heterocycles. The molecule has 0 aromatic carbocycles. The van der Waals surface area contributed by atoms with Crippen molar-refractivity contribution in [2.75, 3.05) is 13.1 Å². The predicted molar refractivity (Wildman–Crippen MR) is 82.7 cm³/mol. The van der Waals surface area contributed by atoms with Gasteiger partial charge in [0, 0.05) is 25.2 Å². The Kier molecular flexibility index (Phi) is 5.12. The molecule has 2 aliphatic carbocycles. The summed E-state index contributed by atoms with van der Waals surface area (Å²) in [5, 5.41) is 12.7. The largest absolute Gasteiger partial charge is 0.480 e. The zero-order chi connectivity index (χ0) is 17.3. The topological polar surface area (TPSA) is 65.5 Å². The number of aliphatic carboxylic acids is 1. The van der Waals surface area contributed by atoms with Gasteiger partial charge in [0.2, 0.25) is 0 Å². The number of carbonyl (C=O) groups is 1. The first-order valence-corrected chi connectivity index (χ1v) is 8.84. The van der Waals surface area contributed by atoms with Crippen LogP contribution in [0, 0.1) is 5.92 Å². The van der Waals surface area contributed by atoms with E-state index in [4.69, 9.17) is 5.11 Å². The van der Waals surface area contributed by atoms with Gasteiger partial charge in [-0.25, -0.2) is 4.98 Å². The molecule has 9 heteroatoms. The van der Waals surface area contributed by atoms with Crippen LogP contribution >= 0.6 is 11.3 Å². The molecule has 1 heterocycles. The molecule has 2 N–H and O–H groups in total. The number of carboxylic acid groups (broad SMARTS) is 1. The van der Waals surface area contributed by atoms with Crippen LogP contribution < -0.4 is 5.32 Å². The highest BCUT2D eigenvalue weighted by Gasteiger charge is 2.37. The molecular formula is C15H20F3N3O2S. The van der Waals surface area contributed by atoms with Crippen LogP contribution in [0.4, 0.5) is 13.2 Å². The molecule has 3 rings (SSSR count). The first-order chi connectivity index (χ1) is 11.3. The van der Waals surface area contributed by atoms with Crippen LogP contribution in [0.5, 0.6) is 0 Å². The van der Waals surface area contributed by atoms with Gasteiger partial charge in [-0.2, -0.15) is 13.2 Å². The van der Waals surface area contributed by atoms with Crippen molar-refractivity contribution in [3.8, 4) is 0 Å². The average Bonchev–Trinajstić information content (AvgIpc) is 3.09. The highest BCUT2D eigenvalue weighted by Crippen LogP contribution is 2.35. The Bertz CT molecular complexity index is 583. The highest BCUT2D eigenvalue weighted by atomic mass is 32.1. The molecule has 2 fully saturated rings. The second-order valence-corrected chi connectivity index (χ2v) is 7.70. The third-order valence-corrected chi connectivity index (χ3v) is 5.57. The minimum absolute atomic E-state index is 0.0648. The molecule has 0 atom stereocenters. The number of rotatable bonds is 8. The number of carboxylic acids is 1. The standard InChI is InChI=1S/C15H20F3N3O2S/c16-15(17,18)12-5-20-13(24-12)6-19-10-3-11(4-10)21(8-14(22)23)7-9-1-2-9/h5,9-11,19H,1-4,6-8H2,(H,22,23). The molecule has 0 saturated heterocycles. The molecule has 5 nitrogen and oxygen atoms in total. The number of hydrogen-bond donors (Lipinski definition) is 2. The summed E-state index contributed by atoms with van der Waals surface area (Å²) < 4.78 is 37.6. The Hall–Kier alpha value is -1.19. The number of thiazole rings is 1. The molecule has 0 amide bonds. The summed E-state index contributed by atoms with van der Waals surface area (Å²) >= 11 is 0.662. The van der Waals surface area contributed by atoms with Gasteiger partial charge in [0.15, 0.2) is 0 Å². The van der Waals surface area contributed by atoms with Crippen molar-refractivity contribution < 1.29 is 23.1 Å². The number of halogens is 3. The lowest BCUT2D eigenvalue weighted by atomic mass is 9.85. The van der Waals surface area contributed by atoms with Crippen molar-refractivity contribution in [3.05, 3.63) is 16.1 Å². The van der Waals surface area contributed by atoms with Crippen molar-refractivity contribution in [2.24, 2.45) is 5.92 Å². The van der Waals surface area contributed by atoms with Crippen LogP contribution in [0.3, 0.4) is 0 Å². The Labute approximate surface area is 141 Å². The van der Waals surface area contributed by atoms with Crippen molar-refractivity contribution in [1.82, 2.24) is 15.2 Å².